The van der Waals surface area contributed by atoms with Gasteiger partial charge in [-0.1, -0.05) is 11.6 Å². The number of hydrogen-bond donors (Lipinski definition) is 1. The Balaban J connectivity index is 1.39. The van der Waals surface area contributed by atoms with Gasteiger partial charge in [-0.2, -0.15) is 0 Å². The van der Waals surface area contributed by atoms with Crippen molar-refractivity contribution in [2.24, 2.45) is 0 Å². The molecule has 0 radical (unpaired) electrons. The number of carbonyl (C=O) groups excluding carboxylic acids is 2. The van der Waals surface area contributed by atoms with Crippen LogP contribution in [-0.2, 0) is 4.79 Å². The number of nitrogens with zero attached hydrogens (tertiary/aromatic N) is 4. The van der Waals surface area contributed by atoms with E-state index in [2.05, 4.69) is 14.9 Å². The van der Waals surface area contributed by atoms with Crippen LogP contribution in [0.4, 0.5) is 4.79 Å². The van der Waals surface area contributed by atoms with E-state index < -0.39 is 6.09 Å². The van der Waals surface area contributed by atoms with Crippen molar-refractivity contribution in [3.8, 4) is 17.1 Å². The standard InChI is InChI=1S/C27H29Cl2N5O4SSe/c1-32-9-11-33(12-10-32)24(35)6-8-34(19-7-13-40-39-16-19)27(37)38-23-5-3-18(29)15-21(23)25-30-22-4-2-17(28)14-20(22)26(36)31-25/h2-5,14-15,19H,6-13,16H2,1H3,(H,30,31,36)/t19-/m0/s1. The summed E-state index contributed by atoms with van der Waals surface area (Å²) >= 11 is 12.9. The molecule has 1 aromatic heterocycles. The van der Waals surface area contributed by atoms with Gasteiger partial charge in [-0.05, 0) is 12.1 Å². The van der Waals surface area contributed by atoms with Crippen LogP contribution in [0.3, 0.4) is 0 Å². The van der Waals surface area contributed by atoms with Crippen LogP contribution < -0.4 is 10.3 Å². The van der Waals surface area contributed by atoms with Gasteiger partial charge in [-0.15, -0.1) is 0 Å². The fraction of sp³-hybridized carbons (Fsp3) is 0.407. The number of amides is 2. The maximum absolute atomic E-state index is 13.7. The zero-order chi connectivity index (χ0) is 28.2. The number of likely N-dealkylation sites (N-methyl/N-ethyl adjacent to an activating group) is 1. The number of ether oxygens (including phenoxy) is 1. The molecule has 1 atom stereocenters. The number of piperazine rings is 1. The number of benzene rings is 2. The Bertz CT molecular complexity index is 1460. The zero-order valence-electron chi connectivity index (χ0n) is 21.9. The van der Waals surface area contributed by atoms with E-state index >= 15 is 0 Å². The van der Waals surface area contributed by atoms with E-state index in [0.717, 1.165) is 30.6 Å². The molecule has 2 aliphatic rings. The molecule has 0 spiro atoms. The van der Waals surface area contributed by atoms with Gasteiger partial charge in [0, 0.05) is 5.02 Å². The first-order valence-electron chi connectivity index (χ1n) is 13.0. The number of halogens is 2. The molecule has 9 nitrogen and oxygen atoms in total. The second-order valence-electron chi connectivity index (χ2n) is 9.76. The number of nitrogens with one attached hydrogen (secondary N) is 1. The predicted molar refractivity (Wildman–Crippen MR) is 161 cm³/mol. The van der Waals surface area contributed by atoms with E-state index in [-0.39, 0.29) is 42.0 Å². The van der Waals surface area contributed by atoms with Crippen LogP contribution in [0, 0.1) is 0 Å². The summed E-state index contributed by atoms with van der Waals surface area (Å²) in [6.45, 7) is 3.35. The number of fused-ring (bicyclic) bond motifs is 1. The molecule has 3 heterocycles. The molecule has 0 unspecified atom stereocenters. The molecular weight excluding hydrogens is 640 g/mol. The Morgan fingerprint density at radius 2 is 1.90 bits per heavy atom. The molecule has 0 saturated carbocycles. The molecule has 2 aromatic carbocycles. The molecule has 2 saturated heterocycles. The van der Waals surface area contributed by atoms with E-state index in [4.69, 9.17) is 27.9 Å². The second kappa shape index (κ2) is 13.1. The van der Waals surface area contributed by atoms with E-state index in [1.165, 1.54) is 0 Å². The molecule has 40 heavy (non-hydrogen) atoms. The van der Waals surface area contributed by atoms with Crippen LogP contribution in [0.25, 0.3) is 22.3 Å². The van der Waals surface area contributed by atoms with Gasteiger partial charge in [0.25, 0.3) is 0 Å². The van der Waals surface area contributed by atoms with Gasteiger partial charge in [0.1, 0.15) is 0 Å². The number of aromatic amines is 1. The van der Waals surface area contributed by atoms with Crippen LogP contribution in [0.5, 0.6) is 5.75 Å². The Morgan fingerprint density at radius 1 is 1.15 bits per heavy atom. The maximum atomic E-state index is 13.7. The number of hydrogen-bond acceptors (Lipinski definition) is 7. The first kappa shape index (κ1) is 29.2. The quantitative estimate of drug-likeness (QED) is 0.389. The molecule has 13 heteroatoms. The van der Waals surface area contributed by atoms with Gasteiger partial charge in [0.05, 0.1) is 0 Å². The first-order valence-corrected chi connectivity index (χ1v) is 17.9. The second-order valence-corrected chi connectivity index (χ2v) is 15.3. The summed E-state index contributed by atoms with van der Waals surface area (Å²) in [5.74, 6) is 1.29. The molecule has 2 aliphatic heterocycles. The summed E-state index contributed by atoms with van der Waals surface area (Å²) < 4.78 is 5.94. The van der Waals surface area contributed by atoms with Crippen LogP contribution in [-0.4, -0.2) is 102 Å². The van der Waals surface area contributed by atoms with Crippen molar-refractivity contribution in [1.29, 1.82) is 0 Å². The third-order valence-electron chi connectivity index (χ3n) is 7.04. The number of carbonyl (C=O) groups is 2. The van der Waals surface area contributed by atoms with Gasteiger partial charge in [-0.3, -0.25) is 0 Å². The monoisotopic (exact) mass is 669 g/mol. The fourth-order valence-electron chi connectivity index (χ4n) is 4.72. The topological polar surface area (TPSA) is 98.8 Å². The van der Waals surface area contributed by atoms with E-state index in [9.17, 15) is 14.4 Å². The average Bonchev–Trinajstić information content (AvgIpc) is 2.95. The van der Waals surface area contributed by atoms with Crippen LogP contribution in [0.15, 0.2) is 41.2 Å². The van der Waals surface area contributed by atoms with Gasteiger partial charge < -0.3 is 0 Å². The fourth-order valence-corrected chi connectivity index (χ4v) is 9.39. The van der Waals surface area contributed by atoms with E-state index in [1.807, 2.05) is 22.1 Å². The minimum atomic E-state index is -0.537. The molecular formula is C27H29Cl2N5O4SSe. The molecule has 3 aromatic rings. The molecule has 0 bridgehead atoms. The van der Waals surface area contributed by atoms with Crippen molar-refractivity contribution in [2.45, 2.75) is 24.2 Å². The van der Waals surface area contributed by atoms with Gasteiger partial charge in [-0.25, -0.2) is 0 Å². The number of aromatic nitrogens is 2. The number of H-pyrrole nitrogens is 1. The SMILES string of the molecule is CN1CCN(C(=O)CCN(C(=O)Oc2ccc(Cl)cc2-c2nc3ccc(Cl)cc3c(=O)[nH]2)[C@H]2CC[Se]SC2)CC1. The predicted octanol–water partition coefficient (Wildman–Crippen LogP) is 4.40. The first-order chi connectivity index (χ1) is 19.3. The normalized spacial score (nSPS) is 18.1. The zero-order valence-corrected chi connectivity index (χ0v) is 25.9. The molecule has 212 valence electrons. The summed E-state index contributed by atoms with van der Waals surface area (Å²) in [5, 5.41) is 2.23. The van der Waals surface area contributed by atoms with Crippen LogP contribution >= 0.6 is 33.4 Å². The Kier molecular flexibility index (Phi) is 9.60. The third kappa shape index (κ3) is 6.95. The van der Waals surface area contributed by atoms with E-state index in [0.29, 0.717) is 53.4 Å². The average molecular weight is 669 g/mol. The van der Waals surface area contributed by atoms with Gasteiger partial charge in [0.2, 0.25) is 0 Å². The van der Waals surface area contributed by atoms with Gasteiger partial charge >= 0.3 is 224 Å². The summed E-state index contributed by atoms with van der Waals surface area (Å²) in [5.41, 5.74) is 0.458. The van der Waals surface area contributed by atoms with E-state index in [1.54, 1.807) is 41.3 Å². The molecule has 0 aliphatic carbocycles. The van der Waals surface area contributed by atoms with Crippen molar-refractivity contribution >= 4 is 70.1 Å². The van der Waals surface area contributed by atoms with Crippen LogP contribution in [0.2, 0.25) is 15.4 Å². The Morgan fingerprint density at radius 3 is 2.65 bits per heavy atom. The summed E-state index contributed by atoms with van der Waals surface area (Å²) in [7, 11) is 3.91. The Hall–Kier alpha value is -2.27. The minimum absolute atomic E-state index is 0.0208. The molecule has 2 amide bonds. The van der Waals surface area contributed by atoms with Crippen molar-refractivity contribution in [3.05, 3.63) is 56.8 Å². The van der Waals surface area contributed by atoms with Crippen LogP contribution in [0.1, 0.15) is 12.8 Å². The number of rotatable bonds is 6. The van der Waals surface area contributed by atoms with Crippen molar-refractivity contribution in [3.63, 3.8) is 0 Å². The molecule has 1 N–H and O–H groups in total. The van der Waals surface area contributed by atoms with Gasteiger partial charge in [0.15, 0.2) is 0 Å². The van der Waals surface area contributed by atoms with Crippen molar-refractivity contribution < 1.29 is 14.3 Å². The summed E-state index contributed by atoms with van der Waals surface area (Å²) in [6, 6.07) is 9.66. The molecule has 2 fully saturated rings. The van der Waals surface area contributed by atoms with Crippen molar-refractivity contribution in [1.82, 2.24) is 24.7 Å². The summed E-state index contributed by atoms with van der Waals surface area (Å²) in [4.78, 5) is 52.5. The summed E-state index contributed by atoms with van der Waals surface area (Å²) in [6.07, 6.45) is 0.575. The molecule has 5 rings (SSSR count). The Labute approximate surface area is 251 Å². The van der Waals surface area contributed by atoms with Crippen molar-refractivity contribution in [2.75, 3.05) is 45.5 Å². The third-order valence-corrected chi connectivity index (χ3v) is 11.8.